The number of halogens is 1. The number of amides is 1. The van der Waals surface area contributed by atoms with Crippen molar-refractivity contribution in [3.63, 3.8) is 0 Å². The van der Waals surface area contributed by atoms with Gasteiger partial charge in [-0.1, -0.05) is 42.5 Å². The van der Waals surface area contributed by atoms with Crippen molar-refractivity contribution < 1.29 is 9.18 Å². The van der Waals surface area contributed by atoms with Crippen LogP contribution in [0.5, 0.6) is 0 Å². The van der Waals surface area contributed by atoms with Crippen LogP contribution in [-0.2, 0) is 18.3 Å². The molecule has 0 radical (unpaired) electrons. The van der Waals surface area contributed by atoms with Crippen molar-refractivity contribution in [1.82, 2.24) is 20.1 Å². The number of aromatic nitrogens is 3. The van der Waals surface area contributed by atoms with E-state index in [9.17, 15) is 9.18 Å². The summed E-state index contributed by atoms with van der Waals surface area (Å²) in [4.78, 5) is 17.3. The van der Waals surface area contributed by atoms with Crippen LogP contribution < -0.4 is 10.6 Å². The number of hydrogen-bond acceptors (Lipinski definition) is 5. The number of carbonyl (C=O) groups is 1. The van der Waals surface area contributed by atoms with Crippen molar-refractivity contribution in [2.45, 2.75) is 12.3 Å². The van der Waals surface area contributed by atoms with Crippen LogP contribution in [0.25, 0.3) is 11.1 Å². The second-order valence-electron chi connectivity index (χ2n) is 8.17. The molecule has 4 aromatic rings. The van der Waals surface area contributed by atoms with Gasteiger partial charge in [-0.2, -0.15) is 10.4 Å². The van der Waals surface area contributed by atoms with E-state index in [4.69, 9.17) is 5.26 Å². The minimum Gasteiger partial charge on any atom is -0.315 e. The van der Waals surface area contributed by atoms with Gasteiger partial charge in [0.2, 0.25) is 5.91 Å². The van der Waals surface area contributed by atoms with Crippen LogP contribution in [0, 0.1) is 17.1 Å². The van der Waals surface area contributed by atoms with Crippen molar-refractivity contribution in [2.75, 3.05) is 18.4 Å². The van der Waals surface area contributed by atoms with Gasteiger partial charge in [0.1, 0.15) is 0 Å². The van der Waals surface area contributed by atoms with Crippen LogP contribution in [0.1, 0.15) is 22.6 Å². The van der Waals surface area contributed by atoms with E-state index in [0.29, 0.717) is 24.2 Å². The van der Waals surface area contributed by atoms with Crippen molar-refractivity contribution in [2.24, 2.45) is 7.05 Å². The largest absolute Gasteiger partial charge is 0.315 e. The molecule has 0 spiro atoms. The van der Waals surface area contributed by atoms with Crippen molar-refractivity contribution in [1.29, 1.82) is 5.26 Å². The summed E-state index contributed by atoms with van der Waals surface area (Å²) >= 11 is 0. The Balaban J connectivity index is 1.41. The number of hydrogen-bond donors (Lipinski definition) is 2. The molecule has 35 heavy (non-hydrogen) atoms. The number of anilines is 1. The van der Waals surface area contributed by atoms with E-state index in [2.05, 4.69) is 26.8 Å². The molecule has 0 bridgehead atoms. The first kappa shape index (κ1) is 23.8. The fourth-order valence-electron chi connectivity index (χ4n) is 3.73. The molecule has 8 heteroatoms. The number of nitrogens with one attached hydrogen (secondary N) is 2. The molecule has 2 aromatic carbocycles. The van der Waals surface area contributed by atoms with Crippen molar-refractivity contribution in [3.8, 4) is 17.2 Å². The number of nitrogens with zero attached hydrogens (tertiary/aromatic N) is 4. The predicted octanol–water partition coefficient (Wildman–Crippen LogP) is 4.05. The molecule has 2 N–H and O–H groups in total. The maximum absolute atomic E-state index is 14.8. The van der Waals surface area contributed by atoms with Gasteiger partial charge in [-0.25, -0.2) is 9.37 Å². The molecule has 4 rings (SSSR count). The number of nitriles is 1. The van der Waals surface area contributed by atoms with Crippen molar-refractivity contribution >= 4 is 11.7 Å². The third-order valence-corrected chi connectivity index (χ3v) is 5.66. The van der Waals surface area contributed by atoms with Gasteiger partial charge in [0, 0.05) is 37.1 Å². The zero-order chi connectivity index (χ0) is 24.6. The Kier molecular flexibility index (Phi) is 7.60. The van der Waals surface area contributed by atoms with Gasteiger partial charge in [-0.3, -0.25) is 9.48 Å². The molecular formula is C27H25FN6O. The fraction of sp³-hybridized carbons (Fsp3) is 0.185. The molecule has 7 nitrogen and oxygen atoms in total. The molecule has 1 atom stereocenters. The van der Waals surface area contributed by atoms with Crippen LogP contribution in [0.2, 0.25) is 0 Å². The lowest BCUT2D eigenvalue weighted by Gasteiger charge is -2.18. The molecule has 0 fully saturated rings. The zero-order valence-electron chi connectivity index (χ0n) is 19.3. The minimum atomic E-state index is -0.611. The molecule has 0 aliphatic heterocycles. The van der Waals surface area contributed by atoms with Crippen LogP contribution >= 0.6 is 0 Å². The van der Waals surface area contributed by atoms with Crippen LogP contribution in [0.4, 0.5) is 10.2 Å². The van der Waals surface area contributed by atoms with E-state index < -0.39 is 11.7 Å². The SMILES string of the molecule is Cn1cc(-c2cnc(NC(=O)C(CNCCc3ccc(C#N)cc3)c3ccccc3)c(F)c2)cn1. The minimum absolute atomic E-state index is 0.110. The topological polar surface area (TPSA) is 95.6 Å². The first-order valence-corrected chi connectivity index (χ1v) is 11.2. The van der Waals surface area contributed by atoms with Gasteiger partial charge < -0.3 is 10.6 Å². The lowest BCUT2D eigenvalue weighted by Crippen LogP contribution is -2.32. The lowest BCUT2D eigenvalue weighted by molar-refractivity contribution is -0.117. The summed E-state index contributed by atoms with van der Waals surface area (Å²) in [5.41, 5.74) is 3.86. The summed E-state index contributed by atoms with van der Waals surface area (Å²) in [7, 11) is 1.78. The molecule has 0 saturated carbocycles. The Morgan fingerprint density at radius 1 is 1.11 bits per heavy atom. The van der Waals surface area contributed by atoms with Gasteiger partial charge in [0.05, 0.1) is 23.7 Å². The van der Waals surface area contributed by atoms with Gasteiger partial charge in [-0.05, 0) is 42.3 Å². The first-order valence-electron chi connectivity index (χ1n) is 11.2. The van der Waals surface area contributed by atoms with Gasteiger partial charge in [0.15, 0.2) is 11.6 Å². The third kappa shape index (κ3) is 6.16. The van der Waals surface area contributed by atoms with E-state index in [-0.39, 0.29) is 11.7 Å². The Bertz CT molecular complexity index is 1330. The highest BCUT2D eigenvalue weighted by Gasteiger charge is 2.22. The number of rotatable bonds is 9. The number of pyridine rings is 1. The summed E-state index contributed by atoms with van der Waals surface area (Å²) in [6, 6.07) is 20.2. The summed E-state index contributed by atoms with van der Waals surface area (Å²) in [5, 5.41) is 19.0. The lowest BCUT2D eigenvalue weighted by atomic mass is 9.98. The van der Waals surface area contributed by atoms with E-state index in [1.54, 1.807) is 36.3 Å². The number of aryl methyl sites for hydroxylation is 1. The Morgan fingerprint density at radius 3 is 2.54 bits per heavy atom. The highest BCUT2D eigenvalue weighted by atomic mass is 19.1. The Morgan fingerprint density at radius 2 is 1.89 bits per heavy atom. The molecular weight excluding hydrogens is 443 g/mol. The monoisotopic (exact) mass is 468 g/mol. The summed E-state index contributed by atoms with van der Waals surface area (Å²) in [5.74, 6) is -1.60. The molecule has 176 valence electrons. The highest BCUT2D eigenvalue weighted by Crippen LogP contribution is 2.23. The smallest absolute Gasteiger partial charge is 0.234 e. The normalized spacial score (nSPS) is 11.6. The van der Waals surface area contributed by atoms with E-state index in [1.165, 1.54) is 12.3 Å². The average molecular weight is 469 g/mol. The Hall–Kier alpha value is -4.35. The molecule has 2 heterocycles. The molecule has 0 aliphatic carbocycles. The standard InChI is InChI=1S/C27H25FN6O/c1-34-18-23(16-32-34)22-13-25(28)26(31-15-22)33-27(35)24(21-5-3-2-4-6-21)17-30-12-11-19-7-9-20(14-29)10-8-19/h2-10,13,15-16,18,24,30H,11-12,17H2,1H3,(H,31,33,35). The second kappa shape index (κ2) is 11.2. The van der Waals surface area contributed by atoms with Crippen molar-refractivity contribution in [3.05, 3.63) is 102 Å². The third-order valence-electron chi connectivity index (χ3n) is 5.66. The molecule has 1 amide bonds. The van der Waals surface area contributed by atoms with Gasteiger partial charge in [0.25, 0.3) is 0 Å². The van der Waals surface area contributed by atoms with Gasteiger partial charge in [-0.15, -0.1) is 0 Å². The first-order chi connectivity index (χ1) is 17.0. The van der Waals surface area contributed by atoms with Crippen LogP contribution in [-0.4, -0.2) is 33.8 Å². The van der Waals surface area contributed by atoms with E-state index in [0.717, 1.165) is 23.1 Å². The number of carbonyl (C=O) groups excluding carboxylic acids is 1. The zero-order valence-corrected chi connectivity index (χ0v) is 19.3. The fourth-order valence-corrected chi connectivity index (χ4v) is 3.73. The predicted molar refractivity (Wildman–Crippen MR) is 132 cm³/mol. The molecule has 1 unspecified atom stereocenters. The van der Waals surface area contributed by atoms with Crippen LogP contribution in [0.3, 0.4) is 0 Å². The molecule has 0 saturated heterocycles. The average Bonchev–Trinajstić information content (AvgIpc) is 3.32. The number of benzene rings is 2. The quantitative estimate of drug-likeness (QED) is 0.362. The molecule has 2 aromatic heterocycles. The summed E-state index contributed by atoms with van der Waals surface area (Å²) in [6.45, 7) is 1.02. The maximum atomic E-state index is 14.8. The van der Waals surface area contributed by atoms with E-state index >= 15 is 0 Å². The maximum Gasteiger partial charge on any atom is 0.234 e. The summed E-state index contributed by atoms with van der Waals surface area (Å²) in [6.07, 6.45) is 5.66. The molecule has 0 aliphatic rings. The second-order valence-corrected chi connectivity index (χ2v) is 8.17. The Labute approximate surface area is 203 Å². The summed E-state index contributed by atoms with van der Waals surface area (Å²) < 4.78 is 16.4. The highest BCUT2D eigenvalue weighted by molar-refractivity contribution is 5.95. The van der Waals surface area contributed by atoms with E-state index in [1.807, 2.05) is 42.5 Å². The van der Waals surface area contributed by atoms with Crippen LogP contribution in [0.15, 0.2) is 79.3 Å². The van der Waals surface area contributed by atoms with Gasteiger partial charge >= 0.3 is 0 Å².